The molecule has 3 rings (SSSR count). The summed E-state index contributed by atoms with van der Waals surface area (Å²) in [7, 11) is 0. The molecule has 0 saturated heterocycles. The summed E-state index contributed by atoms with van der Waals surface area (Å²) in [5.41, 5.74) is 0.0293. The van der Waals surface area contributed by atoms with Crippen LogP contribution in [0.25, 0.3) is 16.9 Å². The van der Waals surface area contributed by atoms with Crippen molar-refractivity contribution in [1.29, 1.82) is 0 Å². The maximum atomic E-state index is 13.8. The maximum Gasteiger partial charge on any atom is 0.356 e. The van der Waals surface area contributed by atoms with Crippen molar-refractivity contribution in [2.45, 2.75) is 0 Å². The van der Waals surface area contributed by atoms with Gasteiger partial charge in [-0.1, -0.05) is 6.07 Å². The Kier molecular flexibility index (Phi) is 2.71. The number of nitrogens with zero attached hydrogens (tertiary/aromatic N) is 2. The summed E-state index contributed by atoms with van der Waals surface area (Å²) in [6.07, 6.45) is 1.55. The van der Waals surface area contributed by atoms with Crippen molar-refractivity contribution in [3.05, 3.63) is 59.9 Å². The Labute approximate surface area is 111 Å². The highest BCUT2D eigenvalue weighted by Gasteiger charge is 2.19. The van der Waals surface area contributed by atoms with Gasteiger partial charge in [0.05, 0.1) is 11.1 Å². The Bertz CT molecular complexity index is 827. The minimum absolute atomic E-state index is 0.0509. The molecule has 100 valence electrons. The van der Waals surface area contributed by atoms with Gasteiger partial charge >= 0.3 is 5.97 Å². The van der Waals surface area contributed by atoms with Gasteiger partial charge in [0, 0.05) is 6.20 Å². The van der Waals surface area contributed by atoms with Crippen molar-refractivity contribution in [3.63, 3.8) is 0 Å². The van der Waals surface area contributed by atoms with Crippen molar-refractivity contribution in [3.8, 4) is 11.4 Å². The second-order valence-corrected chi connectivity index (χ2v) is 4.17. The highest BCUT2D eigenvalue weighted by molar-refractivity contribution is 5.94. The summed E-state index contributed by atoms with van der Waals surface area (Å²) in [6, 6.07) is 7.82. The number of aromatic nitrogens is 2. The lowest BCUT2D eigenvalue weighted by molar-refractivity contribution is 0.0693. The molecule has 6 heteroatoms. The first-order valence-electron chi connectivity index (χ1n) is 5.74. The fraction of sp³-hybridized carbons (Fsp3) is 0. The van der Waals surface area contributed by atoms with Crippen LogP contribution in [0.3, 0.4) is 0 Å². The lowest BCUT2D eigenvalue weighted by Crippen LogP contribution is -1.97. The van der Waals surface area contributed by atoms with Crippen LogP contribution in [0, 0.1) is 11.6 Å². The van der Waals surface area contributed by atoms with Crippen LogP contribution in [0.4, 0.5) is 8.78 Å². The summed E-state index contributed by atoms with van der Waals surface area (Å²) >= 11 is 0. The monoisotopic (exact) mass is 274 g/mol. The molecule has 0 unspecified atom stereocenters. The SMILES string of the molecule is O=C(O)c1nc(-c2cc(F)ccc2F)n2ccccc12. The summed E-state index contributed by atoms with van der Waals surface area (Å²) in [4.78, 5) is 15.1. The molecule has 0 fully saturated rings. The molecule has 2 aromatic heterocycles. The molecule has 0 atom stereocenters. The van der Waals surface area contributed by atoms with E-state index in [1.54, 1.807) is 24.4 Å². The molecular formula is C14H8F2N2O2. The average Bonchev–Trinajstić information content (AvgIpc) is 2.81. The number of benzene rings is 1. The zero-order chi connectivity index (χ0) is 14.3. The minimum Gasteiger partial charge on any atom is -0.476 e. The molecule has 0 spiro atoms. The zero-order valence-electron chi connectivity index (χ0n) is 10.0. The predicted octanol–water partition coefficient (Wildman–Crippen LogP) is 2.98. The summed E-state index contributed by atoms with van der Waals surface area (Å²) in [5.74, 6) is -2.46. The topological polar surface area (TPSA) is 54.6 Å². The van der Waals surface area contributed by atoms with Gasteiger partial charge in [0.25, 0.3) is 0 Å². The molecule has 0 saturated carbocycles. The molecule has 0 aliphatic heterocycles. The standard InChI is InChI=1S/C14H8F2N2O2/c15-8-4-5-10(16)9(7-8)13-17-12(14(19)20)11-3-1-2-6-18(11)13/h1-7H,(H,19,20). The van der Waals surface area contributed by atoms with Crippen LogP contribution in [-0.2, 0) is 0 Å². The number of halogens is 2. The van der Waals surface area contributed by atoms with Crippen molar-refractivity contribution in [2.24, 2.45) is 0 Å². The molecule has 20 heavy (non-hydrogen) atoms. The Morgan fingerprint density at radius 3 is 2.75 bits per heavy atom. The van der Waals surface area contributed by atoms with E-state index < -0.39 is 17.6 Å². The number of carbonyl (C=O) groups is 1. The Morgan fingerprint density at radius 1 is 1.20 bits per heavy atom. The Morgan fingerprint density at radius 2 is 2.00 bits per heavy atom. The molecule has 3 aromatic rings. The molecule has 0 bridgehead atoms. The van der Waals surface area contributed by atoms with E-state index >= 15 is 0 Å². The van der Waals surface area contributed by atoms with Gasteiger partial charge in [0.15, 0.2) is 5.69 Å². The first-order chi connectivity index (χ1) is 9.58. The summed E-state index contributed by atoms with van der Waals surface area (Å²) in [5, 5.41) is 9.12. The third-order valence-electron chi connectivity index (χ3n) is 2.92. The predicted molar refractivity (Wildman–Crippen MR) is 67.5 cm³/mol. The van der Waals surface area contributed by atoms with Crippen molar-refractivity contribution in [1.82, 2.24) is 9.38 Å². The maximum absolute atomic E-state index is 13.8. The van der Waals surface area contributed by atoms with E-state index in [0.29, 0.717) is 5.52 Å². The van der Waals surface area contributed by atoms with Gasteiger partial charge < -0.3 is 5.11 Å². The molecule has 0 amide bonds. The van der Waals surface area contributed by atoms with Crippen molar-refractivity contribution < 1.29 is 18.7 Å². The van der Waals surface area contributed by atoms with E-state index in [1.165, 1.54) is 4.40 Å². The van der Waals surface area contributed by atoms with Gasteiger partial charge in [0.1, 0.15) is 17.5 Å². The van der Waals surface area contributed by atoms with Crippen LogP contribution in [-0.4, -0.2) is 20.5 Å². The second kappa shape index (κ2) is 4.41. The van der Waals surface area contributed by atoms with Crippen LogP contribution in [0.15, 0.2) is 42.6 Å². The lowest BCUT2D eigenvalue weighted by Gasteiger charge is -2.02. The number of hydrogen-bond acceptors (Lipinski definition) is 2. The Hall–Kier alpha value is -2.76. The largest absolute Gasteiger partial charge is 0.476 e. The van der Waals surface area contributed by atoms with Crippen LogP contribution in [0.5, 0.6) is 0 Å². The fourth-order valence-electron chi connectivity index (χ4n) is 2.05. The van der Waals surface area contributed by atoms with Crippen LogP contribution in [0.2, 0.25) is 0 Å². The van der Waals surface area contributed by atoms with Crippen LogP contribution >= 0.6 is 0 Å². The van der Waals surface area contributed by atoms with E-state index in [9.17, 15) is 13.6 Å². The first kappa shape index (κ1) is 12.3. The molecule has 0 radical (unpaired) electrons. The molecule has 0 aliphatic carbocycles. The quantitative estimate of drug-likeness (QED) is 0.781. The van der Waals surface area contributed by atoms with E-state index in [4.69, 9.17) is 5.11 Å². The first-order valence-corrected chi connectivity index (χ1v) is 5.74. The lowest BCUT2D eigenvalue weighted by atomic mass is 10.2. The molecule has 1 N–H and O–H groups in total. The molecular weight excluding hydrogens is 266 g/mol. The van der Waals surface area contributed by atoms with Gasteiger partial charge in [-0.2, -0.15) is 0 Å². The van der Waals surface area contributed by atoms with Crippen molar-refractivity contribution in [2.75, 3.05) is 0 Å². The average molecular weight is 274 g/mol. The molecule has 1 aromatic carbocycles. The number of fused-ring (bicyclic) bond motifs is 1. The van der Waals surface area contributed by atoms with Gasteiger partial charge in [-0.3, -0.25) is 4.40 Å². The molecule has 2 heterocycles. The number of carboxylic acid groups (broad SMARTS) is 1. The second-order valence-electron chi connectivity index (χ2n) is 4.17. The van der Waals surface area contributed by atoms with E-state index in [1.807, 2.05) is 0 Å². The highest BCUT2D eigenvalue weighted by atomic mass is 19.1. The zero-order valence-corrected chi connectivity index (χ0v) is 10.0. The number of aromatic carboxylic acids is 1. The van der Waals surface area contributed by atoms with Gasteiger partial charge in [-0.15, -0.1) is 0 Å². The van der Waals surface area contributed by atoms with Crippen LogP contribution in [0.1, 0.15) is 10.5 Å². The smallest absolute Gasteiger partial charge is 0.356 e. The Balaban J connectivity index is 2.37. The molecule has 0 aliphatic rings. The van der Waals surface area contributed by atoms with E-state index in [2.05, 4.69) is 4.98 Å². The number of hydrogen-bond donors (Lipinski definition) is 1. The molecule has 4 nitrogen and oxygen atoms in total. The van der Waals surface area contributed by atoms with Gasteiger partial charge in [0.2, 0.25) is 0 Å². The van der Waals surface area contributed by atoms with E-state index in [0.717, 1.165) is 18.2 Å². The van der Waals surface area contributed by atoms with Gasteiger partial charge in [-0.25, -0.2) is 18.6 Å². The normalized spacial score (nSPS) is 10.9. The minimum atomic E-state index is -1.23. The van der Waals surface area contributed by atoms with Crippen LogP contribution < -0.4 is 0 Å². The third kappa shape index (κ3) is 1.82. The summed E-state index contributed by atoms with van der Waals surface area (Å²) in [6.45, 7) is 0. The van der Waals surface area contributed by atoms with E-state index in [-0.39, 0.29) is 17.1 Å². The number of carboxylic acids is 1. The van der Waals surface area contributed by atoms with Gasteiger partial charge in [-0.05, 0) is 30.3 Å². The third-order valence-corrected chi connectivity index (χ3v) is 2.92. The number of pyridine rings is 1. The number of rotatable bonds is 2. The fourth-order valence-corrected chi connectivity index (χ4v) is 2.05. The highest BCUT2D eigenvalue weighted by Crippen LogP contribution is 2.25. The van der Waals surface area contributed by atoms with Crippen molar-refractivity contribution >= 4 is 11.5 Å². The number of imidazole rings is 1. The summed E-state index contributed by atoms with van der Waals surface area (Å²) < 4.78 is 28.5.